The van der Waals surface area contributed by atoms with E-state index in [0.717, 1.165) is 0 Å². The molecule has 0 spiro atoms. The van der Waals surface area contributed by atoms with Crippen molar-refractivity contribution in [3.63, 3.8) is 0 Å². The molecule has 0 amide bonds. The fourth-order valence-electron chi connectivity index (χ4n) is 0.846. The Morgan fingerprint density at radius 3 is 2.38 bits per heavy atom. The van der Waals surface area contributed by atoms with Crippen molar-refractivity contribution < 1.29 is 4.58 Å². The predicted molar refractivity (Wildman–Crippen MR) is 35.5 cm³/mol. The van der Waals surface area contributed by atoms with Gasteiger partial charge >= 0.3 is 0 Å². The third kappa shape index (κ3) is 0.683. The first-order chi connectivity index (χ1) is 3.72. The van der Waals surface area contributed by atoms with Crippen molar-refractivity contribution in [2.45, 2.75) is 19.9 Å². The van der Waals surface area contributed by atoms with Crippen molar-refractivity contribution in [3.05, 3.63) is 12.2 Å². The van der Waals surface area contributed by atoms with Crippen LogP contribution in [0.25, 0.3) is 0 Å². The van der Waals surface area contributed by atoms with Crippen molar-refractivity contribution in [1.82, 2.24) is 0 Å². The summed E-state index contributed by atoms with van der Waals surface area (Å²) in [7, 11) is 2.11. The molecule has 1 unspecified atom stereocenters. The summed E-state index contributed by atoms with van der Waals surface area (Å²) in [5.74, 6) is 0. The number of nitrogens with zero attached hydrogens (tertiary/aromatic N) is 1. The lowest BCUT2D eigenvalue weighted by Crippen LogP contribution is -2.15. The first kappa shape index (κ1) is 5.54. The van der Waals surface area contributed by atoms with Crippen LogP contribution >= 0.6 is 0 Å². The highest BCUT2D eigenvalue weighted by Gasteiger charge is 2.14. The van der Waals surface area contributed by atoms with Gasteiger partial charge in [0.2, 0.25) is 0 Å². The second kappa shape index (κ2) is 1.73. The fraction of sp³-hybridized carbons (Fsp3) is 0.571. The Bertz CT molecular complexity index is 154. The van der Waals surface area contributed by atoms with Crippen LogP contribution in [0.3, 0.4) is 0 Å². The lowest BCUT2D eigenvalue weighted by atomic mass is 10.3. The van der Waals surface area contributed by atoms with Gasteiger partial charge in [-0.15, -0.1) is 0 Å². The number of rotatable bonds is 0. The van der Waals surface area contributed by atoms with E-state index < -0.39 is 0 Å². The Labute approximate surface area is 50.3 Å². The molecule has 0 saturated heterocycles. The van der Waals surface area contributed by atoms with Gasteiger partial charge in [-0.25, -0.2) is 4.58 Å². The first-order valence-corrected chi connectivity index (χ1v) is 2.96. The minimum atomic E-state index is 0.606. The zero-order valence-electron chi connectivity index (χ0n) is 5.68. The van der Waals surface area contributed by atoms with Gasteiger partial charge < -0.3 is 0 Å². The highest BCUT2D eigenvalue weighted by molar-refractivity contribution is 5.89. The lowest BCUT2D eigenvalue weighted by Gasteiger charge is -1.95. The third-order valence-corrected chi connectivity index (χ3v) is 1.78. The number of hydrogen-bond donors (Lipinski definition) is 0. The molecule has 1 aliphatic rings. The molecule has 1 rings (SSSR count). The molecule has 1 aliphatic heterocycles. The number of hydrogen-bond acceptors (Lipinski definition) is 0. The van der Waals surface area contributed by atoms with E-state index in [1.165, 1.54) is 5.71 Å². The van der Waals surface area contributed by atoms with Crippen LogP contribution in [0.15, 0.2) is 12.2 Å². The standard InChI is InChI=1S/C7H12N/c1-6-4-5-7(2)8(6)3/h4-6H,1-3H3/q+1. The van der Waals surface area contributed by atoms with Crippen molar-refractivity contribution in [2.75, 3.05) is 7.05 Å². The Morgan fingerprint density at radius 1 is 1.62 bits per heavy atom. The Morgan fingerprint density at radius 2 is 2.25 bits per heavy atom. The Kier molecular flexibility index (Phi) is 1.20. The summed E-state index contributed by atoms with van der Waals surface area (Å²) in [6, 6.07) is 0.606. The van der Waals surface area contributed by atoms with Crippen molar-refractivity contribution in [1.29, 1.82) is 0 Å². The number of likely N-dealkylation sites (N-methyl/N-ethyl adjacent to an activating group) is 1. The van der Waals surface area contributed by atoms with Gasteiger partial charge in [-0.2, -0.15) is 0 Å². The van der Waals surface area contributed by atoms with Crippen molar-refractivity contribution in [3.8, 4) is 0 Å². The van der Waals surface area contributed by atoms with Gasteiger partial charge in [-0.3, -0.25) is 0 Å². The van der Waals surface area contributed by atoms with E-state index >= 15 is 0 Å². The minimum absolute atomic E-state index is 0.606. The summed E-state index contributed by atoms with van der Waals surface area (Å²) < 4.78 is 2.25. The maximum atomic E-state index is 2.25. The zero-order valence-corrected chi connectivity index (χ0v) is 5.68. The molecule has 1 heterocycles. The first-order valence-electron chi connectivity index (χ1n) is 2.96. The Balaban J connectivity index is 2.85. The van der Waals surface area contributed by atoms with E-state index in [0.29, 0.717) is 6.04 Å². The van der Waals surface area contributed by atoms with Gasteiger partial charge in [-0.05, 0) is 6.08 Å². The second-order valence-electron chi connectivity index (χ2n) is 2.35. The van der Waals surface area contributed by atoms with E-state index in [1.54, 1.807) is 0 Å². The van der Waals surface area contributed by atoms with Gasteiger partial charge in [0, 0.05) is 19.9 Å². The maximum Gasteiger partial charge on any atom is 0.173 e. The van der Waals surface area contributed by atoms with Crippen LogP contribution in [0.4, 0.5) is 0 Å². The molecule has 44 valence electrons. The van der Waals surface area contributed by atoms with Crippen LogP contribution in [0, 0.1) is 0 Å². The van der Waals surface area contributed by atoms with E-state index in [2.05, 4.69) is 37.6 Å². The molecule has 0 radical (unpaired) electrons. The molecule has 1 heteroatoms. The molecule has 1 atom stereocenters. The highest BCUT2D eigenvalue weighted by atomic mass is 15.0. The Hall–Kier alpha value is -0.590. The molecule has 1 nitrogen and oxygen atoms in total. The summed E-state index contributed by atoms with van der Waals surface area (Å²) in [6.45, 7) is 4.31. The van der Waals surface area contributed by atoms with Crippen LogP contribution in [-0.2, 0) is 0 Å². The normalized spacial score (nSPS) is 27.6. The van der Waals surface area contributed by atoms with Gasteiger partial charge in [0.25, 0.3) is 0 Å². The smallest absolute Gasteiger partial charge is 0.173 e. The van der Waals surface area contributed by atoms with Gasteiger partial charge in [0.05, 0.1) is 0 Å². The molecule has 0 N–H and O–H groups in total. The molecule has 0 bridgehead atoms. The molecule has 0 aromatic carbocycles. The molecule has 8 heavy (non-hydrogen) atoms. The van der Waals surface area contributed by atoms with E-state index in [-0.39, 0.29) is 0 Å². The largest absolute Gasteiger partial charge is 0.230 e. The molecule has 0 aromatic rings. The third-order valence-electron chi connectivity index (χ3n) is 1.78. The average Bonchev–Trinajstić information content (AvgIpc) is 1.98. The molecular formula is C7H12N+. The van der Waals surface area contributed by atoms with Crippen LogP contribution in [-0.4, -0.2) is 23.4 Å². The quantitative estimate of drug-likeness (QED) is 0.410. The minimum Gasteiger partial charge on any atom is -0.230 e. The second-order valence-corrected chi connectivity index (χ2v) is 2.35. The van der Waals surface area contributed by atoms with Crippen LogP contribution < -0.4 is 0 Å². The van der Waals surface area contributed by atoms with Crippen LogP contribution in [0.5, 0.6) is 0 Å². The molecule has 0 aromatic heterocycles. The SMILES string of the molecule is CC1=[N+](C)C(C)C=C1. The monoisotopic (exact) mass is 110 g/mol. The van der Waals surface area contributed by atoms with Gasteiger partial charge in [-0.1, -0.05) is 0 Å². The van der Waals surface area contributed by atoms with Gasteiger partial charge in [0.1, 0.15) is 7.05 Å². The van der Waals surface area contributed by atoms with Crippen LogP contribution in [0.2, 0.25) is 0 Å². The fourth-order valence-corrected chi connectivity index (χ4v) is 0.846. The van der Waals surface area contributed by atoms with Gasteiger partial charge in [0.15, 0.2) is 11.8 Å². The topological polar surface area (TPSA) is 3.01 Å². The molecule has 0 aliphatic carbocycles. The number of allylic oxidation sites excluding steroid dienone is 1. The van der Waals surface area contributed by atoms with Crippen molar-refractivity contribution >= 4 is 5.71 Å². The summed E-state index contributed by atoms with van der Waals surface area (Å²) in [5, 5.41) is 0. The zero-order chi connectivity index (χ0) is 6.15. The highest BCUT2D eigenvalue weighted by Crippen LogP contribution is 1.99. The summed E-state index contributed by atoms with van der Waals surface area (Å²) in [4.78, 5) is 0. The maximum absolute atomic E-state index is 2.25. The van der Waals surface area contributed by atoms with E-state index in [4.69, 9.17) is 0 Å². The summed E-state index contributed by atoms with van der Waals surface area (Å²) >= 11 is 0. The summed E-state index contributed by atoms with van der Waals surface area (Å²) in [5.41, 5.74) is 1.36. The molecule has 0 fully saturated rings. The van der Waals surface area contributed by atoms with E-state index in [9.17, 15) is 0 Å². The predicted octanol–water partition coefficient (Wildman–Crippen LogP) is 1.05. The summed E-state index contributed by atoms with van der Waals surface area (Å²) in [6.07, 6.45) is 4.36. The molecule has 0 saturated carbocycles. The average molecular weight is 110 g/mol. The van der Waals surface area contributed by atoms with Crippen LogP contribution in [0.1, 0.15) is 13.8 Å². The van der Waals surface area contributed by atoms with E-state index in [1.807, 2.05) is 0 Å². The molecular weight excluding hydrogens is 98.1 g/mol. The lowest BCUT2D eigenvalue weighted by molar-refractivity contribution is -0.517. The van der Waals surface area contributed by atoms with Crippen molar-refractivity contribution in [2.24, 2.45) is 0 Å².